The molecule has 5 nitrogen and oxygen atoms in total. The molecule has 74 valence electrons. The first-order valence-electron chi connectivity index (χ1n) is 4.27. The third kappa shape index (κ3) is 1.20. The van der Waals surface area contributed by atoms with E-state index in [2.05, 4.69) is 15.1 Å². The zero-order chi connectivity index (χ0) is 10.4. The first-order valence-corrected chi connectivity index (χ1v) is 4.61. The number of rotatable bonds is 0. The van der Waals surface area contributed by atoms with Crippen molar-refractivity contribution in [1.82, 2.24) is 19.3 Å². The fourth-order valence-corrected chi connectivity index (χ4v) is 1.78. The molecule has 6 heteroatoms. The molecule has 0 amide bonds. The van der Waals surface area contributed by atoms with Gasteiger partial charge in [-0.3, -0.25) is 0 Å². The van der Waals surface area contributed by atoms with Crippen LogP contribution >= 0.6 is 11.8 Å². The Morgan fingerprint density at radius 1 is 1.40 bits per heavy atom. The number of aromatic nitrogens is 4. The van der Waals surface area contributed by atoms with Gasteiger partial charge < -0.3 is 4.98 Å². The predicted molar refractivity (Wildman–Crippen MR) is 56.9 cm³/mol. The Morgan fingerprint density at radius 3 is 3.13 bits per heavy atom. The molecule has 0 saturated heterocycles. The van der Waals surface area contributed by atoms with Crippen LogP contribution in [0.5, 0.6) is 0 Å². The number of H-pyrrole nitrogens is 1. The van der Waals surface area contributed by atoms with Crippen LogP contribution in [0.3, 0.4) is 0 Å². The van der Waals surface area contributed by atoms with Crippen LogP contribution in [0.4, 0.5) is 0 Å². The van der Waals surface area contributed by atoms with Gasteiger partial charge in [-0.2, -0.15) is 9.30 Å². The van der Waals surface area contributed by atoms with Crippen LogP contribution in [0.2, 0.25) is 0 Å². The summed E-state index contributed by atoms with van der Waals surface area (Å²) in [6.07, 6.45) is 3.17. The van der Waals surface area contributed by atoms with Gasteiger partial charge in [-0.25, -0.2) is 9.78 Å². The van der Waals surface area contributed by atoms with Gasteiger partial charge in [-0.15, -0.1) is 0 Å². The summed E-state index contributed by atoms with van der Waals surface area (Å²) in [7, 11) is 0. The second-order valence-electron chi connectivity index (χ2n) is 3.17. The van der Waals surface area contributed by atoms with Gasteiger partial charge >= 0.3 is 5.69 Å². The molecule has 0 atom stereocenters. The number of benzene rings is 1. The molecule has 0 bridgehead atoms. The maximum absolute atomic E-state index is 11.1. The molecule has 0 saturated carbocycles. The van der Waals surface area contributed by atoms with Crippen molar-refractivity contribution in [2.24, 2.45) is 0 Å². The van der Waals surface area contributed by atoms with E-state index in [0.717, 1.165) is 16.3 Å². The van der Waals surface area contributed by atoms with Crippen LogP contribution in [0.15, 0.2) is 29.3 Å². The highest BCUT2D eigenvalue weighted by molar-refractivity contribution is 6.16. The van der Waals surface area contributed by atoms with E-state index in [1.54, 1.807) is 6.20 Å². The largest absolute Gasteiger partial charge is 0.345 e. The lowest BCUT2D eigenvalue weighted by atomic mass is 10.2. The zero-order valence-electron chi connectivity index (χ0n) is 7.44. The number of aromatic amines is 1. The highest BCUT2D eigenvalue weighted by atomic mass is 35.5. The molecule has 0 aliphatic rings. The second-order valence-corrected chi connectivity index (χ2v) is 3.52. The minimum Gasteiger partial charge on any atom is -0.305 e. The van der Waals surface area contributed by atoms with Gasteiger partial charge in [0.25, 0.3) is 0 Å². The van der Waals surface area contributed by atoms with Gasteiger partial charge in [0.05, 0.1) is 17.2 Å². The molecule has 2 aromatic heterocycles. The Kier molecular flexibility index (Phi) is 1.58. The maximum Gasteiger partial charge on any atom is 0.345 e. The van der Waals surface area contributed by atoms with Gasteiger partial charge in [0.1, 0.15) is 0 Å². The molecule has 1 N–H and O–H groups in total. The third-order valence-electron chi connectivity index (χ3n) is 2.25. The smallest absolute Gasteiger partial charge is 0.305 e. The maximum atomic E-state index is 11.1. The van der Waals surface area contributed by atoms with Crippen LogP contribution in [0, 0.1) is 0 Å². The highest BCUT2D eigenvalue weighted by Gasteiger charge is 2.05. The quantitative estimate of drug-likeness (QED) is 0.621. The zero-order valence-corrected chi connectivity index (χ0v) is 8.19. The van der Waals surface area contributed by atoms with E-state index in [1.165, 1.54) is 10.4 Å². The summed E-state index contributed by atoms with van der Waals surface area (Å²) >= 11 is 5.72. The summed E-state index contributed by atoms with van der Waals surface area (Å²) in [6, 6.07) is 3.67. The average Bonchev–Trinajstić information content (AvgIpc) is 2.58. The molecule has 2 heterocycles. The Morgan fingerprint density at radius 2 is 2.27 bits per heavy atom. The summed E-state index contributed by atoms with van der Waals surface area (Å²) in [5.74, 6) is 0. The molecular weight excluding hydrogens is 216 g/mol. The van der Waals surface area contributed by atoms with Crippen molar-refractivity contribution in [3.05, 3.63) is 35.0 Å². The molecule has 0 aliphatic carbocycles. The minimum absolute atomic E-state index is 0.377. The van der Waals surface area contributed by atoms with E-state index in [-0.39, 0.29) is 5.69 Å². The molecular formula is C9H5ClN4O. The molecule has 3 aromatic rings. The van der Waals surface area contributed by atoms with Gasteiger partial charge in [0, 0.05) is 28.7 Å². The summed E-state index contributed by atoms with van der Waals surface area (Å²) in [5, 5.41) is 5.69. The van der Waals surface area contributed by atoms with Crippen LogP contribution < -0.4 is 5.69 Å². The molecule has 15 heavy (non-hydrogen) atoms. The van der Waals surface area contributed by atoms with E-state index >= 15 is 0 Å². The fraction of sp³-hybridized carbons (Fsp3) is 0. The van der Waals surface area contributed by atoms with Crippen LogP contribution in [-0.2, 0) is 0 Å². The van der Waals surface area contributed by atoms with Crippen LogP contribution in [0.1, 0.15) is 0 Å². The average molecular weight is 221 g/mol. The van der Waals surface area contributed by atoms with Gasteiger partial charge in [0.15, 0.2) is 0 Å². The SMILES string of the molecule is O=c1ncc2ccc3nn(Cl)cc3c2[nH]1. The van der Waals surface area contributed by atoms with Crippen molar-refractivity contribution >= 4 is 33.6 Å². The lowest BCUT2D eigenvalue weighted by Gasteiger charge is -1.95. The molecule has 3 rings (SSSR count). The van der Waals surface area contributed by atoms with Crippen molar-refractivity contribution in [1.29, 1.82) is 0 Å². The number of nitrogens with one attached hydrogen (secondary N) is 1. The Labute approximate surface area is 88.4 Å². The molecule has 0 aliphatic heterocycles. The predicted octanol–water partition coefficient (Wildman–Crippen LogP) is 1.27. The lowest BCUT2D eigenvalue weighted by Crippen LogP contribution is -2.08. The number of hydrogen-bond donors (Lipinski definition) is 1. The fourth-order valence-electron chi connectivity index (χ4n) is 1.60. The molecule has 1 aromatic carbocycles. The first-order chi connectivity index (χ1) is 7.24. The lowest BCUT2D eigenvalue weighted by molar-refractivity contribution is 1.02. The van der Waals surface area contributed by atoms with Crippen molar-refractivity contribution in [2.75, 3.05) is 0 Å². The number of nitrogens with zero attached hydrogens (tertiary/aromatic N) is 3. The molecule has 0 spiro atoms. The van der Waals surface area contributed by atoms with Gasteiger partial charge in [-0.05, 0) is 12.1 Å². The minimum atomic E-state index is -0.377. The van der Waals surface area contributed by atoms with E-state index in [9.17, 15) is 4.79 Å². The van der Waals surface area contributed by atoms with E-state index in [4.69, 9.17) is 11.8 Å². The van der Waals surface area contributed by atoms with E-state index in [1.807, 2.05) is 12.1 Å². The van der Waals surface area contributed by atoms with Crippen molar-refractivity contribution in [3.8, 4) is 0 Å². The molecule has 0 fully saturated rings. The number of fused-ring (bicyclic) bond motifs is 3. The molecule has 0 unspecified atom stereocenters. The number of halogens is 1. The topological polar surface area (TPSA) is 63.6 Å². The summed E-state index contributed by atoms with van der Waals surface area (Å²) in [4.78, 5) is 17.4. The normalized spacial score (nSPS) is 11.3. The van der Waals surface area contributed by atoms with E-state index in [0.29, 0.717) is 5.52 Å². The summed E-state index contributed by atoms with van der Waals surface area (Å²) in [5.41, 5.74) is 1.07. The third-order valence-corrected chi connectivity index (χ3v) is 2.42. The van der Waals surface area contributed by atoms with Crippen molar-refractivity contribution < 1.29 is 0 Å². The van der Waals surface area contributed by atoms with Crippen molar-refractivity contribution in [2.45, 2.75) is 0 Å². The summed E-state index contributed by atoms with van der Waals surface area (Å²) in [6.45, 7) is 0. The first kappa shape index (κ1) is 8.43. The van der Waals surface area contributed by atoms with Gasteiger partial charge in [-0.1, -0.05) is 0 Å². The Hall–Kier alpha value is -1.88. The monoisotopic (exact) mass is 220 g/mol. The van der Waals surface area contributed by atoms with E-state index < -0.39 is 0 Å². The molecule has 0 radical (unpaired) electrons. The number of hydrogen-bond acceptors (Lipinski definition) is 3. The van der Waals surface area contributed by atoms with Crippen molar-refractivity contribution in [3.63, 3.8) is 0 Å². The Balaban J connectivity index is 2.62. The Bertz CT molecular complexity index is 715. The standard InChI is InChI=1S/C9H5ClN4O/c10-14-4-6-7(13-14)2-1-5-3-11-9(15)12-8(5)6/h1-4H,(H,11,12,15). The second kappa shape index (κ2) is 2.80. The highest BCUT2D eigenvalue weighted by Crippen LogP contribution is 2.21. The van der Waals surface area contributed by atoms with Gasteiger partial charge in [0.2, 0.25) is 0 Å². The van der Waals surface area contributed by atoms with Crippen LogP contribution in [0.25, 0.3) is 21.8 Å². The van der Waals surface area contributed by atoms with Crippen LogP contribution in [-0.4, -0.2) is 19.3 Å². The summed E-state index contributed by atoms with van der Waals surface area (Å²) < 4.78 is 1.20.